The van der Waals surface area contributed by atoms with Crippen LogP contribution >= 0.6 is 0 Å². The van der Waals surface area contributed by atoms with Crippen LogP contribution < -0.4 is 9.46 Å². The molecule has 0 bridgehead atoms. The van der Waals surface area contributed by atoms with Gasteiger partial charge in [0, 0.05) is 22.8 Å². The zero-order valence-corrected chi connectivity index (χ0v) is 23.8. The Labute approximate surface area is 234 Å². The summed E-state index contributed by atoms with van der Waals surface area (Å²) < 4.78 is 36.4. The lowest BCUT2D eigenvalue weighted by atomic mass is 9.89. The van der Waals surface area contributed by atoms with Gasteiger partial charge in [0.05, 0.1) is 23.4 Å². The Balaban J connectivity index is 2.03. The highest BCUT2D eigenvalue weighted by molar-refractivity contribution is 7.92. The minimum absolute atomic E-state index is 0.00150. The van der Waals surface area contributed by atoms with E-state index in [4.69, 9.17) is 4.74 Å². The van der Waals surface area contributed by atoms with Crippen LogP contribution in [-0.2, 0) is 16.4 Å². The van der Waals surface area contributed by atoms with Crippen molar-refractivity contribution in [1.29, 1.82) is 0 Å². The third-order valence-electron chi connectivity index (χ3n) is 6.97. The molecule has 0 fully saturated rings. The fourth-order valence-corrected chi connectivity index (χ4v) is 6.00. The van der Waals surface area contributed by atoms with Crippen LogP contribution in [0.4, 0.5) is 5.82 Å². The number of aromatic nitrogens is 1. The molecule has 0 amide bonds. The number of carbonyl (C=O) groups is 1. The molecule has 0 radical (unpaired) electrons. The Hall–Kier alpha value is -4.18. The van der Waals surface area contributed by atoms with Crippen molar-refractivity contribution in [3.63, 3.8) is 0 Å². The molecule has 4 rings (SSSR count). The maximum atomic E-state index is 13.6. The molecule has 3 aromatic carbocycles. The van der Waals surface area contributed by atoms with E-state index >= 15 is 0 Å². The molecule has 1 aromatic heterocycles. The summed E-state index contributed by atoms with van der Waals surface area (Å²) in [6.07, 6.45) is 2.71. The second-order valence-corrected chi connectivity index (χ2v) is 11.5. The smallest absolute Gasteiger partial charge is 0.263 e. The van der Waals surface area contributed by atoms with Gasteiger partial charge in [-0.05, 0) is 67.3 Å². The van der Waals surface area contributed by atoms with Crippen LogP contribution in [0.2, 0.25) is 0 Å². The van der Waals surface area contributed by atoms with Crippen molar-refractivity contribution in [2.45, 2.75) is 50.8 Å². The molecule has 0 aliphatic carbocycles. The van der Waals surface area contributed by atoms with Crippen molar-refractivity contribution in [1.82, 2.24) is 4.57 Å². The first-order valence-corrected chi connectivity index (χ1v) is 14.6. The zero-order valence-electron chi connectivity index (χ0n) is 23.0. The van der Waals surface area contributed by atoms with E-state index in [0.29, 0.717) is 27.8 Å². The van der Waals surface area contributed by atoms with Crippen LogP contribution in [0.3, 0.4) is 0 Å². The highest BCUT2D eigenvalue weighted by Crippen LogP contribution is 2.41. The Morgan fingerprint density at radius 1 is 1.07 bits per heavy atom. The third kappa shape index (κ3) is 6.02. The van der Waals surface area contributed by atoms with E-state index in [1.54, 1.807) is 42.5 Å². The monoisotopic (exact) mass is 563 g/mol. The fraction of sp³-hybridized carbons (Fsp3) is 0.300. The summed E-state index contributed by atoms with van der Waals surface area (Å²) in [7, 11) is -2.62. The highest BCUT2D eigenvalue weighted by Gasteiger charge is 2.32. The van der Waals surface area contributed by atoms with E-state index in [-0.39, 0.29) is 10.7 Å². The topological polar surface area (TPSA) is 121 Å². The molecular weight excluding hydrogens is 530 g/mol. The molecule has 40 heavy (non-hydrogen) atoms. The van der Waals surface area contributed by atoms with Gasteiger partial charge in [-0.2, -0.15) is 0 Å². The Bertz CT molecular complexity index is 1640. The second-order valence-electron chi connectivity index (χ2n) is 9.83. The largest absolute Gasteiger partial charge is 0.497 e. The average Bonchev–Trinajstić information content (AvgIpc) is 3.23. The molecule has 0 aliphatic rings. The third-order valence-corrected chi connectivity index (χ3v) is 8.32. The number of ether oxygens (including phenoxy) is 1. The summed E-state index contributed by atoms with van der Waals surface area (Å²) in [5.74, 6) is -0.704. The molecule has 0 aliphatic heterocycles. The molecule has 4 aromatic rings. The predicted molar refractivity (Wildman–Crippen MR) is 156 cm³/mol. The lowest BCUT2D eigenvalue weighted by Crippen LogP contribution is -2.21. The van der Waals surface area contributed by atoms with Crippen molar-refractivity contribution in [3.05, 3.63) is 99.1 Å². The number of nitrogens with zero attached hydrogens (tertiary/aromatic N) is 2. The molecule has 0 saturated carbocycles. The van der Waals surface area contributed by atoms with Crippen molar-refractivity contribution in [2.75, 3.05) is 18.4 Å². The summed E-state index contributed by atoms with van der Waals surface area (Å²) in [5.41, 5.74) is 3.34. The molecule has 1 atom stereocenters. The Morgan fingerprint density at radius 3 is 2.33 bits per heavy atom. The summed E-state index contributed by atoms with van der Waals surface area (Å²) in [5, 5.41) is 12.6. The van der Waals surface area contributed by atoms with Gasteiger partial charge in [-0.1, -0.05) is 49.2 Å². The molecule has 1 N–H and O–H groups in total. The number of carbonyl (C=O) groups excluding carboxylic acids is 1. The van der Waals surface area contributed by atoms with Gasteiger partial charge in [0.2, 0.25) is 12.5 Å². The molecule has 1 heterocycles. The van der Waals surface area contributed by atoms with Gasteiger partial charge >= 0.3 is 0 Å². The second kappa shape index (κ2) is 11.9. The van der Waals surface area contributed by atoms with Crippen molar-refractivity contribution >= 4 is 32.7 Å². The van der Waals surface area contributed by atoms with Gasteiger partial charge in [-0.3, -0.25) is 24.2 Å². The van der Waals surface area contributed by atoms with E-state index in [9.17, 15) is 23.3 Å². The number of methoxy groups -OCH3 is 1. The minimum Gasteiger partial charge on any atom is -0.497 e. The number of rotatable bonds is 11. The molecule has 0 spiro atoms. The lowest BCUT2D eigenvalue weighted by molar-refractivity contribution is -0.481. The standard InChI is InChI=1S/C30H33N3O6S/c1-5-6-7-22-10-17-28-26(18-22)29(27(19-32(35)36)23-11-13-24(39-4)14-12-23)30(33(28)21(3)34)31-40(37,38)25-15-8-20(2)9-16-25/h8-18,27,31H,5-7,19H2,1-4H3. The zero-order chi connectivity index (χ0) is 29.0. The number of benzene rings is 3. The number of anilines is 1. The average molecular weight is 564 g/mol. The van der Waals surface area contributed by atoms with Gasteiger partial charge in [0.15, 0.2) is 0 Å². The summed E-state index contributed by atoms with van der Waals surface area (Å²) >= 11 is 0. The molecule has 0 saturated heterocycles. The molecule has 210 valence electrons. The quantitative estimate of drug-likeness (QED) is 0.172. The van der Waals surface area contributed by atoms with Crippen LogP contribution in [0, 0.1) is 17.0 Å². The van der Waals surface area contributed by atoms with Crippen LogP contribution in [0.1, 0.15) is 59.7 Å². The van der Waals surface area contributed by atoms with Gasteiger partial charge in [-0.15, -0.1) is 0 Å². The van der Waals surface area contributed by atoms with Crippen LogP contribution in [0.5, 0.6) is 5.75 Å². The summed E-state index contributed by atoms with van der Waals surface area (Å²) in [6, 6.07) is 18.8. The fourth-order valence-electron chi connectivity index (χ4n) is 4.93. The van der Waals surface area contributed by atoms with E-state index in [0.717, 1.165) is 30.4 Å². The minimum atomic E-state index is -4.15. The van der Waals surface area contributed by atoms with Gasteiger partial charge in [0.1, 0.15) is 11.6 Å². The number of sulfonamides is 1. The number of fused-ring (bicyclic) bond motifs is 1. The van der Waals surface area contributed by atoms with E-state index in [2.05, 4.69) is 11.6 Å². The predicted octanol–water partition coefficient (Wildman–Crippen LogP) is 6.17. The van der Waals surface area contributed by atoms with Crippen molar-refractivity contribution in [3.8, 4) is 5.75 Å². The molecule has 9 nitrogen and oxygen atoms in total. The number of aryl methyl sites for hydroxylation is 2. The van der Waals surface area contributed by atoms with Crippen LogP contribution in [0.15, 0.2) is 71.6 Å². The molecular formula is C30H33N3O6S. The normalized spacial score (nSPS) is 12.3. The first kappa shape index (κ1) is 28.8. The first-order valence-electron chi connectivity index (χ1n) is 13.1. The number of nitro groups is 1. The SMILES string of the molecule is CCCCc1ccc2c(c1)c(C(C[N+](=O)[O-])c1ccc(OC)cc1)c(NS(=O)(=O)c1ccc(C)cc1)n2C(C)=O. The number of hydrogen-bond donors (Lipinski definition) is 1. The first-order chi connectivity index (χ1) is 19.1. The molecule has 10 heteroatoms. The highest BCUT2D eigenvalue weighted by atomic mass is 32.2. The van der Waals surface area contributed by atoms with E-state index in [1.165, 1.54) is 30.7 Å². The van der Waals surface area contributed by atoms with E-state index in [1.807, 2.05) is 19.1 Å². The Kier molecular flexibility index (Phi) is 8.58. The van der Waals surface area contributed by atoms with Gasteiger partial charge < -0.3 is 4.74 Å². The number of hydrogen-bond acceptors (Lipinski definition) is 6. The number of unbranched alkanes of at least 4 members (excludes halogenated alkanes) is 1. The van der Waals surface area contributed by atoms with Crippen LogP contribution in [-0.4, -0.2) is 37.5 Å². The molecule has 1 unspecified atom stereocenters. The Morgan fingerprint density at radius 2 is 1.75 bits per heavy atom. The van der Waals surface area contributed by atoms with Gasteiger partial charge in [0.25, 0.3) is 10.0 Å². The van der Waals surface area contributed by atoms with Crippen molar-refractivity contribution < 1.29 is 22.9 Å². The van der Waals surface area contributed by atoms with E-state index < -0.39 is 33.3 Å². The maximum Gasteiger partial charge on any atom is 0.263 e. The lowest BCUT2D eigenvalue weighted by Gasteiger charge is -2.18. The number of nitrogens with one attached hydrogen (secondary N) is 1. The maximum absolute atomic E-state index is 13.6. The van der Waals surface area contributed by atoms with Crippen LogP contribution in [0.25, 0.3) is 10.9 Å². The van der Waals surface area contributed by atoms with Gasteiger partial charge in [-0.25, -0.2) is 8.42 Å². The van der Waals surface area contributed by atoms with Crippen molar-refractivity contribution in [2.24, 2.45) is 0 Å². The summed E-state index contributed by atoms with van der Waals surface area (Å²) in [4.78, 5) is 24.6. The summed E-state index contributed by atoms with van der Waals surface area (Å²) in [6.45, 7) is 4.77.